The number of rotatable bonds is 14. The molecule has 25 heteroatoms. The second-order valence-corrected chi connectivity index (χ2v) is 13.1. The molecule has 0 spiro atoms. The number of amides is 2. The molecule has 25 nitrogen and oxygen atoms in total. The van der Waals surface area contributed by atoms with Crippen LogP contribution in [0.3, 0.4) is 0 Å². The molecule has 0 radical (unpaired) electrons. The van der Waals surface area contributed by atoms with Gasteiger partial charge < -0.3 is 104 Å². The van der Waals surface area contributed by atoms with Crippen molar-refractivity contribution in [2.75, 3.05) is 27.4 Å². The number of carbonyl (C=O) groups excluding carboxylic acids is 2. The first-order valence-electron chi connectivity index (χ1n) is 16.8. The Bertz CT molecular complexity index is 1330. The lowest BCUT2D eigenvalue weighted by atomic mass is 9.94. The third kappa shape index (κ3) is 9.67. The molecule has 4 heterocycles. The van der Waals surface area contributed by atoms with Crippen molar-refractivity contribution in [3.8, 4) is 0 Å². The molecule has 0 aliphatic carbocycles. The third-order valence-electron chi connectivity index (χ3n) is 9.40. The first kappa shape index (κ1) is 44.9. The summed E-state index contributed by atoms with van der Waals surface area (Å²) in [5.74, 6) is -5.01. The van der Waals surface area contributed by atoms with Crippen LogP contribution in [0.25, 0.3) is 0 Å². The molecule has 4 saturated heterocycles. The largest absolute Gasteiger partial charge is 0.479 e. The van der Waals surface area contributed by atoms with E-state index in [4.69, 9.17) is 42.6 Å². The van der Waals surface area contributed by atoms with Crippen molar-refractivity contribution in [3.05, 3.63) is 0 Å². The van der Waals surface area contributed by atoms with Gasteiger partial charge in [0.25, 0.3) is 0 Å². The minimum absolute atomic E-state index is 0.672. The molecule has 4 aliphatic heterocycles. The van der Waals surface area contributed by atoms with E-state index < -0.39 is 160 Å². The van der Waals surface area contributed by atoms with E-state index in [1.807, 2.05) is 0 Å². The number of carbonyl (C=O) groups is 4. The van der Waals surface area contributed by atoms with Gasteiger partial charge in [0.05, 0.1) is 13.2 Å². The number of ether oxygens (including phenoxy) is 9. The summed E-state index contributed by atoms with van der Waals surface area (Å²) in [4.78, 5) is 49.0. The summed E-state index contributed by atoms with van der Waals surface area (Å²) >= 11 is 0. The number of carboxylic acid groups (broad SMARTS) is 2. The van der Waals surface area contributed by atoms with E-state index in [0.29, 0.717) is 0 Å². The fourth-order valence-electron chi connectivity index (χ4n) is 6.74. The quantitative estimate of drug-likeness (QED) is 0.0775. The van der Waals surface area contributed by atoms with Crippen LogP contribution in [0.15, 0.2) is 0 Å². The van der Waals surface area contributed by atoms with Gasteiger partial charge in [-0.1, -0.05) is 0 Å². The Morgan fingerprint density at radius 2 is 0.891 bits per heavy atom. The average molecular weight is 805 g/mol. The molecule has 12 N–H and O–H groups in total. The first-order valence-corrected chi connectivity index (χ1v) is 16.8. The van der Waals surface area contributed by atoms with Gasteiger partial charge in [-0.3, -0.25) is 9.59 Å². The van der Waals surface area contributed by atoms with Crippen LogP contribution in [0.5, 0.6) is 0 Å². The Morgan fingerprint density at radius 3 is 1.27 bits per heavy atom. The van der Waals surface area contributed by atoms with Crippen molar-refractivity contribution in [1.29, 1.82) is 0 Å². The van der Waals surface area contributed by atoms with E-state index in [-0.39, 0.29) is 0 Å². The predicted molar refractivity (Wildman–Crippen MR) is 168 cm³/mol. The van der Waals surface area contributed by atoms with E-state index in [9.17, 15) is 70.2 Å². The molecule has 55 heavy (non-hydrogen) atoms. The Hall–Kier alpha value is -2.80. The summed E-state index contributed by atoms with van der Waals surface area (Å²) in [6, 6.07) is -3.12. The number of hydrogen-bond acceptors (Lipinski definition) is 21. The van der Waals surface area contributed by atoms with Crippen LogP contribution in [-0.2, 0) is 61.8 Å². The minimum atomic E-state index is -2.24. The molecule has 0 aromatic heterocycles. The lowest BCUT2D eigenvalue weighted by Gasteiger charge is -2.50. The second kappa shape index (κ2) is 19.1. The van der Waals surface area contributed by atoms with Crippen molar-refractivity contribution < 1.29 is 113 Å². The number of aliphatic carboxylic acids is 2. The highest BCUT2D eigenvalue weighted by Crippen LogP contribution is 2.35. The highest BCUT2D eigenvalue weighted by Gasteiger charge is 2.57. The van der Waals surface area contributed by atoms with E-state index in [0.717, 1.165) is 28.1 Å². The van der Waals surface area contributed by atoms with Crippen LogP contribution in [0.4, 0.5) is 0 Å². The Balaban J connectivity index is 1.63. The normalized spacial score (nSPS) is 45.0. The molecule has 0 aromatic carbocycles. The zero-order valence-electron chi connectivity index (χ0n) is 29.7. The van der Waals surface area contributed by atoms with E-state index in [1.54, 1.807) is 0 Å². The standard InChI is InChI=1S/C30H48N2O23/c1-7(35)31-11-19(47-3)13(37)9(5-33)49-27(11)52-22-16(40)18(42)30(55-24(22)26(45)46)51-20-12(32-8(2)36)28(50-10(6-34)14(20)38)53-21-15(39)17(41)29(48-4)54-23(21)25(43)44/h9-24,27-30,33-34,37-42H,5-6H2,1-4H3,(H,31,35)(H,32,36)(H,43,44)(H,45,46)/t9-,10-,11-,12-,13-,14-,15-,16-,17-,18-,19-,20-,21+,22+,23+,24+,27+,28+,29-,30-/m1/s1. The number of nitrogens with one attached hydrogen (secondary N) is 2. The van der Waals surface area contributed by atoms with Crippen LogP contribution in [0.1, 0.15) is 13.8 Å². The predicted octanol–water partition coefficient (Wildman–Crippen LogP) is -7.97. The lowest BCUT2D eigenvalue weighted by Crippen LogP contribution is -2.70. The zero-order valence-corrected chi connectivity index (χ0v) is 29.7. The molecule has 0 unspecified atom stereocenters. The molecule has 4 aliphatic rings. The highest BCUT2D eigenvalue weighted by molar-refractivity contribution is 5.74. The van der Waals surface area contributed by atoms with Gasteiger partial charge in [-0.2, -0.15) is 0 Å². The molecular weight excluding hydrogens is 756 g/mol. The summed E-state index contributed by atoms with van der Waals surface area (Å²) in [5.41, 5.74) is 0. The number of hydrogen-bond donors (Lipinski definition) is 12. The Morgan fingerprint density at radius 1 is 0.509 bits per heavy atom. The fraction of sp³-hybridized carbons (Fsp3) is 0.867. The van der Waals surface area contributed by atoms with Crippen LogP contribution >= 0.6 is 0 Å². The topological polar surface area (TPSA) is 378 Å². The summed E-state index contributed by atoms with van der Waals surface area (Å²) in [7, 11) is 2.23. The smallest absolute Gasteiger partial charge is 0.335 e. The van der Waals surface area contributed by atoms with E-state index >= 15 is 0 Å². The molecule has 4 fully saturated rings. The van der Waals surface area contributed by atoms with Crippen molar-refractivity contribution in [2.45, 2.75) is 137 Å². The van der Waals surface area contributed by atoms with Crippen LogP contribution in [-0.4, -0.2) is 225 Å². The lowest BCUT2D eigenvalue weighted by molar-refractivity contribution is -0.369. The molecule has 20 atom stereocenters. The maximum absolute atomic E-state index is 12.5. The van der Waals surface area contributed by atoms with Gasteiger partial charge in [-0.05, 0) is 0 Å². The molecule has 2 amide bonds. The maximum atomic E-state index is 12.5. The first-order chi connectivity index (χ1) is 25.9. The van der Waals surface area contributed by atoms with Crippen LogP contribution < -0.4 is 10.6 Å². The molecule has 316 valence electrons. The fourth-order valence-corrected chi connectivity index (χ4v) is 6.74. The molecule has 4 rings (SSSR count). The monoisotopic (exact) mass is 804 g/mol. The highest BCUT2D eigenvalue weighted by atomic mass is 16.8. The van der Waals surface area contributed by atoms with Crippen LogP contribution in [0.2, 0.25) is 0 Å². The molecular formula is C30H48N2O23. The number of aliphatic hydroxyl groups is 8. The zero-order chi connectivity index (χ0) is 41.0. The Kier molecular flexibility index (Phi) is 15.6. The average Bonchev–Trinajstić information content (AvgIpc) is 3.12. The number of aliphatic hydroxyl groups excluding tert-OH is 8. The maximum Gasteiger partial charge on any atom is 0.335 e. The molecule has 0 saturated carbocycles. The van der Waals surface area contributed by atoms with Crippen molar-refractivity contribution in [3.63, 3.8) is 0 Å². The SMILES string of the molecule is CO[C@@H]1O[C@H](C(=O)O)[C@@H](O[C@@H]2O[C@H](CO)[C@@H](O)[C@H](O[C@@H]3O[C@H](C(=O)O)[C@@H](O[C@@H]4O[C@H](CO)[C@@H](O)[C@H](OC)[C@H]4NC(C)=O)[C@H](O)[C@H]3O)[C@H]2NC(C)=O)[C@H](O)[C@H]1O. The van der Waals surface area contributed by atoms with Crippen molar-refractivity contribution in [1.82, 2.24) is 10.6 Å². The van der Waals surface area contributed by atoms with Crippen molar-refractivity contribution >= 4 is 23.8 Å². The van der Waals surface area contributed by atoms with Gasteiger partial charge in [0.1, 0.15) is 85.3 Å². The van der Waals surface area contributed by atoms with E-state index in [1.165, 1.54) is 0 Å². The van der Waals surface area contributed by atoms with E-state index in [2.05, 4.69) is 10.6 Å². The second-order valence-electron chi connectivity index (χ2n) is 13.1. The summed E-state index contributed by atoms with van der Waals surface area (Å²) < 4.78 is 49.3. The van der Waals surface area contributed by atoms with Gasteiger partial charge in [0.2, 0.25) is 11.8 Å². The van der Waals surface area contributed by atoms with Gasteiger partial charge in [0, 0.05) is 28.1 Å². The Labute approximate surface area is 311 Å². The summed E-state index contributed by atoms with van der Waals surface area (Å²) in [5, 5.41) is 110. The van der Waals surface area contributed by atoms with Gasteiger partial charge in [-0.15, -0.1) is 0 Å². The van der Waals surface area contributed by atoms with Gasteiger partial charge in [-0.25, -0.2) is 9.59 Å². The number of carboxylic acids is 2. The summed E-state index contributed by atoms with van der Waals surface area (Å²) in [6.07, 6.45) is -33.9. The summed E-state index contributed by atoms with van der Waals surface area (Å²) in [6.45, 7) is 0.322. The van der Waals surface area contributed by atoms with Gasteiger partial charge in [0.15, 0.2) is 37.4 Å². The van der Waals surface area contributed by atoms with Gasteiger partial charge >= 0.3 is 11.9 Å². The minimum Gasteiger partial charge on any atom is -0.479 e. The number of methoxy groups -OCH3 is 2. The van der Waals surface area contributed by atoms with Crippen molar-refractivity contribution in [2.24, 2.45) is 0 Å². The third-order valence-corrected chi connectivity index (χ3v) is 9.40. The molecule has 0 bridgehead atoms. The van der Waals surface area contributed by atoms with Crippen LogP contribution in [0, 0.1) is 0 Å². The molecule has 0 aromatic rings.